The van der Waals surface area contributed by atoms with Crippen molar-refractivity contribution in [2.75, 3.05) is 11.6 Å². The van der Waals surface area contributed by atoms with Crippen molar-refractivity contribution in [3.05, 3.63) is 111 Å². The van der Waals surface area contributed by atoms with Crippen molar-refractivity contribution in [2.45, 2.75) is 33.4 Å². The van der Waals surface area contributed by atoms with Gasteiger partial charge in [0.1, 0.15) is 6.04 Å². The molecule has 0 aliphatic carbocycles. The van der Waals surface area contributed by atoms with Crippen LogP contribution in [0.1, 0.15) is 36.7 Å². The fraction of sp³-hybridized carbons (Fsp3) is 0.250. The van der Waals surface area contributed by atoms with Gasteiger partial charge in [0.05, 0.1) is 24.5 Å². The Morgan fingerprint density at radius 3 is 2.55 bits per heavy atom. The first kappa shape index (κ1) is 26.8. The van der Waals surface area contributed by atoms with Crippen LogP contribution in [-0.4, -0.2) is 37.5 Å². The average molecular weight is 532 g/mol. The third-order valence-corrected chi connectivity index (χ3v) is 6.38. The molecule has 1 aliphatic rings. The standard InChI is InChI=1S/C28H30ClN7O2/c1-4-5-6-7-8-9-22-17-34(32-25(22)21-11-13-23(29)14-12-21)27-33-35(18-24-15-10-19(2)16-31-24)28(38)36(27)20(3)26(30)37/h4-16,20,22H,17-18H2,1-3H3,(H2,30,37)/b5-4-,7-6-,9-8+/t20-,22+/m1/s1. The number of hydrogen-bond donors (Lipinski definition) is 1. The molecule has 3 aromatic rings. The molecule has 0 radical (unpaired) electrons. The largest absolute Gasteiger partial charge is 0.368 e. The molecule has 0 bridgehead atoms. The lowest BCUT2D eigenvalue weighted by Gasteiger charge is -2.16. The molecule has 0 spiro atoms. The summed E-state index contributed by atoms with van der Waals surface area (Å²) in [5.74, 6) is -0.518. The lowest BCUT2D eigenvalue weighted by molar-refractivity contribution is -0.120. The van der Waals surface area contributed by atoms with E-state index in [0.29, 0.717) is 17.3 Å². The van der Waals surface area contributed by atoms with Crippen molar-refractivity contribution in [1.29, 1.82) is 0 Å². The molecule has 38 heavy (non-hydrogen) atoms. The number of primary amides is 1. The van der Waals surface area contributed by atoms with Gasteiger partial charge in [0.2, 0.25) is 11.9 Å². The number of anilines is 1. The monoisotopic (exact) mass is 531 g/mol. The van der Waals surface area contributed by atoms with Crippen molar-refractivity contribution in [3.8, 4) is 0 Å². The summed E-state index contributed by atoms with van der Waals surface area (Å²) in [7, 11) is 0. The quantitative estimate of drug-likeness (QED) is 0.419. The maximum absolute atomic E-state index is 13.4. The lowest BCUT2D eigenvalue weighted by atomic mass is 9.97. The second kappa shape index (κ2) is 11.9. The Bertz CT molecular complexity index is 1460. The number of halogens is 1. The number of carbonyl (C=O) groups is 1. The van der Waals surface area contributed by atoms with Crippen molar-refractivity contribution in [1.82, 2.24) is 19.3 Å². The average Bonchev–Trinajstić information content (AvgIpc) is 3.46. The number of hydrazone groups is 1. The van der Waals surface area contributed by atoms with Crippen molar-refractivity contribution in [2.24, 2.45) is 16.8 Å². The van der Waals surface area contributed by atoms with Crippen molar-refractivity contribution < 1.29 is 4.79 Å². The van der Waals surface area contributed by atoms with E-state index in [2.05, 4.69) is 10.1 Å². The topological polar surface area (TPSA) is 111 Å². The highest BCUT2D eigenvalue weighted by atomic mass is 35.5. The van der Waals surface area contributed by atoms with Gasteiger partial charge in [-0.15, -0.1) is 5.10 Å². The minimum atomic E-state index is -0.926. The number of amides is 1. The van der Waals surface area contributed by atoms with Crippen LogP contribution in [0, 0.1) is 12.8 Å². The molecule has 2 atom stereocenters. The number of carbonyl (C=O) groups excluding carboxylic acids is 1. The predicted octanol–water partition coefficient (Wildman–Crippen LogP) is 4.03. The Morgan fingerprint density at radius 2 is 1.89 bits per heavy atom. The summed E-state index contributed by atoms with van der Waals surface area (Å²) in [6.45, 7) is 6.03. The zero-order valence-electron chi connectivity index (χ0n) is 21.5. The molecule has 2 aromatic heterocycles. The molecule has 0 fully saturated rings. The molecule has 9 nitrogen and oxygen atoms in total. The summed E-state index contributed by atoms with van der Waals surface area (Å²) in [4.78, 5) is 30.0. The van der Waals surface area contributed by atoms with E-state index in [1.54, 1.807) is 18.1 Å². The van der Waals surface area contributed by atoms with Crippen LogP contribution in [0.2, 0.25) is 5.02 Å². The lowest BCUT2D eigenvalue weighted by Crippen LogP contribution is -2.35. The number of benzene rings is 1. The fourth-order valence-corrected chi connectivity index (χ4v) is 4.15. The van der Waals surface area contributed by atoms with Crippen LogP contribution in [0.5, 0.6) is 0 Å². The van der Waals surface area contributed by atoms with Gasteiger partial charge in [0.25, 0.3) is 0 Å². The van der Waals surface area contributed by atoms with Gasteiger partial charge in [-0.2, -0.15) is 5.10 Å². The Hall–Kier alpha value is -4.24. The maximum atomic E-state index is 13.4. The van der Waals surface area contributed by atoms with E-state index in [0.717, 1.165) is 16.8 Å². The number of hydrogen-bond acceptors (Lipinski definition) is 6. The molecular weight excluding hydrogens is 502 g/mol. The van der Waals surface area contributed by atoms with Crippen molar-refractivity contribution in [3.63, 3.8) is 0 Å². The molecule has 0 saturated carbocycles. The first-order valence-electron chi connectivity index (χ1n) is 12.3. The molecule has 10 heteroatoms. The summed E-state index contributed by atoms with van der Waals surface area (Å²) in [6.07, 6.45) is 13.5. The van der Waals surface area contributed by atoms with E-state index >= 15 is 0 Å². The number of nitrogens with two attached hydrogens (primary N) is 1. The summed E-state index contributed by atoms with van der Waals surface area (Å²) in [5.41, 5.74) is 8.50. The van der Waals surface area contributed by atoms with E-state index in [9.17, 15) is 9.59 Å². The Labute approximate surface area is 226 Å². The zero-order chi connectivity index (χ0) is 27.2. The molecule has 2 N–H and O–H groups in total. The van der Waals surface area contributed by atoms with Crippen LogP contribution in [0.3, 0.4) is 0 Å². The minimum Gasteiger partial charge on any atom is -0.368 e. The van der Waals surface area contributed by atoms with Gasteiger partial charge < -0.3 is 5.73 Å². The first-order chi connectivity index (χ1) is 18.3. The predicted molar refractivity (Wildman–Crippen MR) is 150 cm³/mol. The second-order valence-electron chi connectivity index (χ2n) is 8.99. The normalized spacial score (nSPS) is 16.7. The van der Waals surface area contributed by atoms with Crippen LogP contribution in [-0.2, 0) is 11.3 Å². The SMILES string of the molecule is C\C=C/C=C\C=C\[C@H]1CN(c2nn(Cc3ccc(C)cn3)c(=O)n2[C@H](C)C(N)=O)N=C1c1ccc(Cl)cc1. The summed E-state index contributed by atoms with van der Waals surface area (Å²) in [5, 5.41) is 11.7. The van der Waals surface area contributed by atoms with E-state index in [4.69, 9.17) is 22.4 Å². The third-order valence-electron chi connectivity index (χ3n) is 6.13. The summed E-state index contributed by atoms with van der Waals surface area (Å²) >= 11 is 6.11. The molecule has 1 amide bonds. The Morgan fingerprint density at radius 1 is 1.16 bits per heavy atom. The van der Waals surface area contributed by atoms with Gasteiger partial charge in [0, 0.05) is 17.1 Å². The van der Waals surface area contributed by atoms with E-state index < -0.39 is 17.6 Å². The van der Waals surface area contributed by atoms with E-state index in [-0.39, 0.29) is 18.4 Å². The zero-order valence-corrected chi connectivity index (χ0v) is 22.3. The third kappa shape index (κ3) is 6.00. The van der Waals surface area contributed by atoms with Gasteiger partial charge in [-0.1, -0.05) is 66.3 Å². The van der Waals surface area contributed by atoms with Crippen LogP contribution in [0.25, 0.3) is 0 Å². The number of pyridine rings is 1. The molecule has 3 heterocycles. The summed E-state index contributed by atoms with van der Waals surface area (Å²) in [6, 6.07) is 10.3. The van der Waals surface area contributed by atoms with Gasteiger partial charge in [-0.05, 0) is 50.1 Å². The van der Waals surface area contributed by atoms with Gasteiger partial charge in [-0.25, -0.2) is 19.1 Å². The summed E-state index contributed by atoms with van der Waals surface area (Å²) < 4.78 is 2.57. The molecular formula is C28H30ClN7O2. The van der Waals surface area contributed by atoms with Gasteiger partial charge >= 0.3 is 5.69 Å². The molecule has 0 saturated heterocycles. The minimum absolute atomic E-state index is 0.109. The van der Waals surface area contributed by atoms with Gasteiger partial charge in [0.15, 0.2) is 0 Å². The highest BCUT2D eigenvalue weighted by Gasteiger charge is 2.32. The van der Waals surface area contributed by atoms with Gasteiger partial charge in [-0.3, -0.25) is 9.78 Å². The Kier molecular flexibility index (Phi) is 8.38. The first-order valence-corrected chi connectivity index (χ1v) is 12.6. The number of aryl methyl sites for hydroxylation is 1. The number of aromatic nitrogens is 4. The van der Waals surface area contributed by atoms with Crippen LogP contribution in [0.15, 0.2) is 88.9 Å². The number of nitrogens with zero attached hydrogens (tertiary/aromatic N) is 6. The molecule has 4 rings (SSSR count). The van der Waals surface area contributed by atoms with Crippen LogP contribution >= 0.6 is 11.6 Å². The van der Waals surface area contributed by atoms with Crippen LogP contribution in [0.4, 0.5) is 5.95 Å². The van der Waals surface area contributed by atoms with E-state index in [1.807, 2.05) is 86.7 Å². The molecule has 1 aromatic carbocycles. The van der Waals surface area contributed by atoms with Crippen molar-refractivity contribution >= 4 is 29.2 Å². The van der Waals surface area contributed by atoms with Crippen LogP contribution < -0.4 is 16.4 Å². The smallest absolute Gasteiger partial charge is 0.348 e. The molecule has 0 unspecified atom stereocenters. The van der Waals surface area contributed by atoms with E-state index in [1.165, 1.54) is 9.25 Å². The highest BCUT2D eigenvalue weighted by Crippen LogP contribution is 2.27. The number of allylic oxidation sites excluding steroid dienone is 5. The second-order valence-corrected chi connectivity index (χ2v) is 9.43. The molecule has 1 aliphatic heterocycles. The fourth-order valence-electron chi connectivity index (χ4n) is 4.03. The highest BCUT2D eigenvalue weighted by molar-refractivity contribution is 6.30. The Balaban J connectivity index is 1.76. The molecule has 196 valence electrons. The maximum Gasteiger partial charge on any atom is 0.348 e. The number of rotatable bonds is 9.